The molecule has 1 aliphatic rings. The fourth-order valence-corrected chi connectivity index (χ4v) is 3.63. The van der Waals surface area contributed by atoms with Gasteiger partial charge in [-0.1, -0.05) is 6.07 Å². The predicted octanol–water partition coefficient (Wildman–Crippen LogP) is 3.38. The Kier molecular flexibility index (Phi) is 5.29. The van der Waals surface area contributed by atoms with Gasteiger partial charge < -0.3 is 14.0 Å². The maximum Gasteiger partial charge on any atom is 0.309 e. The molecule has 1 saturated heterocycles. The number of rotatable bonds is 4. The van der Waals surface area contributed by atoms with Crippen molar-refractivity contribution in [2.75, 3.05) is 13.1 Å². The van der Waals surface area contributed by atoms with E-state index in [0.29, 0.717) is 37.2 Å². The Morgan fingerprint density at radius 2 is 1.90 bits per heavy atom. The SMILES string of the molecule is Cc1cccn2cc(COC(=O)C3CCN(C(=O)c4ccc(F)cc4)CC3)nc12. The molecule has 1 aromatic carbocycles. The number of likely N-dealkylation sites (tertiary alicyclic amines) is 1. The van der Waals surface area contributed by atoms with Gasteiger partial charge in [0.2, 0.25) is 0 Å². The van der Waals surface area contributed by atoms with Gasteiger partial charge in [-0.3, -0.25) is 9.59 Å². The molecule has 0 radical (unpaired) electrons. The third kappa shape index (κ3) is 4.13. The van der Waals surface area contributed by atoms with Gasteiger partial charge in [0.1, 0.15) is 18.1 Å². The predicted molar refractivity (Wildman–Crippen MR) is 105 cm³/mol. The number of pyridine rings is 1. The van der Waals surface area contributed by atoms with Crippen LogP contribution in [0.1, 0.15) is 34.5 Å². The minimum atomic E-state index is -0.372. The number of aromatic nitrogens is 2. The van der Waals surface area contributed by atoms with E-state index < -0.39 is 0 Å². The van der Waals surface area contributed by atoms with Crippen molar-refractivity contribution in [2.24, 2.45) is 5.92 Å². The highest BCUT2D eigenvalue weighted by Gasteiger charge is 2.29. The van der Waals surface area contributed by atoms with Crippen LogP contribution >= 0.6 is 0 Å². The average Bonchev–Trinajstić information content (AvgIpc) is 3.17. The van der Waals surface area contributed by atoms with Crippen LogP contribution < -0.4 is 0 Å². The van der Waals surface area contributed by atoms with E-state index >= 15 is 0 Å². The zero-order chi connectivity index (χ0) is 20.4. The molecule has 4 rings (SSSR count). The van der Waals surface area contributed by atoms with E-state index in [9.17, 15) is 14.0 Å². The Morgan fingerprint density at radius 1 is 1.17 bits per heavy atom. The number of ether oxygens (including phenoxy) is 1. The Labute approximate surface area is 167 Å². The summed E-state index contributed by atoms with van der Waals surface area (Å²) in [6.07, 6.45) is 4.88. The minimum absolute atomic E-state index is 0.134. The number of imidazole rings is 1. The van der Waals surface area contributed by atoms with Gasteiger partial charge in [0.05, 0.1) is 11.6 Å². The summed E-state index contributed by atoms with van der Waals surface area (Å²) in [7, 11) is 0. The number of benzene rings is 1. The van der Waals surface area contributed by atoms with Crippen molar-refractivity contribution in [1.82, 2.24) is 14.3 Å². The number of aryl methyl sites for hydroxylation is 1. The van der Waals surface area contributed by atoms with E-state index in [-0.39, 0.29) is 30.2 Å². The van der Waals surface area contributed by atoms with E-state index in [1.165, 1.54) is 24.3 Å². The number of carbonyl (C=O) groups excluding carboxylic acids is 2. The topological polar surface area (TPSA) is 63.9 Å². The van der Waals surface area contributed by atoms with Crippen LogP contribution in [0, 0.1) is 18.7 Å². The molecule has 7 heteroatoms. The van der Waals surface area contributed by atoms with Gasteiger partial charge in [0.25, 0.3) is 5.91 Å². The molecule has 1 aliphatic heterocycles. The van der Waals surface area contributed by atoms with Crippen LogP contribution in [0.5, 0.6) is 0 Å². The molecule has 1 amide bonds. The molecule has 0 spiro atoms. The first kappa shape index (κ1) is 19.1. The van der Waals surface area contributed by atoms with Crippen LogP contribution in [0.4, 0.5) is 4.39 Å². The summed E-state index contributed by atoms with van der Waals surface area (Å²) < 4.78 is 20.4. The van der Waals surface area contributed by atoms with Gasteiger partial charge in [-0.2, -0.15) is 0 Å². The van der Waals surface area contributed by atoms with Gasteiger partial charge in [-0.15, -0.1) is 0 Å². The Balaban J connectivity index is 1.30. The normalized spacial score (nSPS) is 14.9. The number of amides is 1. The number of esters is 1. The molecule has 150 valence electrons. The molecular weight excluding hydrogens is 373 g/mol. The van der Waals surface area contributed by atoms with Crippen molar-refractivity contribution in [3.05, 3.63) is 71.4 Å². The van der Waals surface area contributed by atoms with Crippen molar-refractivity contribution in [3.63, 3.8) is 0 Å². The highest BCUT2D eigenvalue weighted by atomic mass is 19.1. The molecule has 0 aliphatic carbocycles. The lowest BCUT2D eigenvalue weighted by molar-refractivity contribution is -0.151. The lowest BCUT2D eigenvalue weighted by atomic mass is 9.96. The van der Waals surface area contributed by atoms with E-state index in [4.69, 9.17) is 4.74 Å². The summed E-state index contributed by atoms with van der Waals surface area (Å²) in [6, 6.07) is 9.44. The first-order valence-electron chi connectivity index (χ1n) is 9.66. The molecule has 0 unspecified atom stereocenters. The first-order valence-corrected chi connectivity index (χ1v) is 9.66. The zero-order valence-corrected chi connectivity index (χ0v) is 16.2. The first-order chi connectivity index (χ1) is 14.0. The van der Waals surface area contributed by atoms with E-state index in [0.717, 1.165) is 11.2 Å². The molecular formula is C22H22FN3O3. The highest BCUT2D eigenvalue weighted by molar-refractivity contribution is 5.94. The maximum atomic E-state index is 13.0. The van der Waals surface area contributed by atoms with Crippen LogP contribution in [0.15, 0.2) is 48.8 Å². The molecule has 0 saturated carbocycles. The monoisotopic (exact) mass is 395 g/mol. The smallest absolute Gasteiger partial charge is 0.309 e. The molecule has 6 nitrogen and oxygen atoms in total. The third-order valence-corrected chi connectivity index (χ3v) is 5.30. The van der Waals surface area contributed by atoms with Crippen LogP contribution in [-0.4, -0.2) is 39.3 Å². The van der Waals surface area contributed by atoms with E-state index in [1.54, 1.807) is 4.90 Å². The van der Waals surface area contributed by atoms with Crippen molar-refractivity contribution in [1.29, 1.82) is 0 Å². The average molecular weight is 395 g/mol. The summed E-state index contributed by atoms with van der Waals surface area (Å²) in [4.78, 5) is 31.1. The molecule has 29 heavy (non-hydrogen) atoms. The summed E-state index contributed by atoms with van der Waals surface area (Å²) in [6.45, 7) is 3.07. The fraction of sp³-hybridized carbons (Fsp3) is 0.318. The summed E-state index contributed by atoms with van der Waals surface area (Å²) in [5.41, 5.74) is 3.07. The highest BCUT2D eigenvalue weighted by Crippen LogP contribution is 2.21. The van der Waals surface area contributed by atoms with Gasteiger partial charge in [0, 0.05) is 31.0 Å². The number of hydrogen-bond acceptors (Lipinski definition) is 4. The van der Waals surface area contributed by atoms with Gasteiger partial charge in [0.15, 0.2) is 0 Å². The third-order valence-electron chi connectivity index (χ3n) is 5.30. The molecule has 3 aromatic rings. The molecule has 0 N–H and O–H groups in total. The second-order valence-corrected chi connectivity index (χ2v) is 7.34. The quantitative estimate of drug-likeness (QED) is 0.636. The Bertz CT molecular complexity index is 1040. The van der Waals surface area contributed by atoms with Crippen LogP contribution in [0.3, 0.4) is 0 Å². The maximum absolute atomic E-state index is 13.0. The lowest BCUT2D eigenvalue weighted by Gasteiger charge is -2.31. The van der Waals surface area contributed by atoms with Gasteiger partial charge >= 0.3 is 5.97 Å². The van der Waals surface area contributed by atoms with Crippen molar-refractivity contribution >= 4 is 17.5 Å². The summed E-state index contributed by atoms with van der Waals surface area (Å²) in [5, 5.41) is 0. The van der Waals surface area contributed by atoms with Crippen molar-refractivity contribution < 1.29 is 18.7 Å². The Hall–Kier alpha value is -3.22. The van der Waals surface area contributed by atoms with Crippen LogP contribution in [0.25, 0.3) is 5.65 Å². The van der Waals surface area contributed by atoms with Gasteiger partial charge in [-0.25, -0.2) is 9.37 Å². The molecule has 3 heterocycles. The fourth-order valence-electron chi connectivity index (χ4n) is 3.63. The van der Waals surface area contributed by atoms with E-state index in [1.807, 2.05) is 35.9 Å². The number of hydrogen-bond donors (Lipinski definition) is 0. The molecule has 1 fully saturated rings. The number of fused-ring (bicyclic) bond motifs is 1. The largest absolute Gasteiger partial charge is 0.459 e. The second kappa shape index (κ2) is 8.03. The number of carbonyl (C=O) groups is 2. The summed E-state index contributed by atoms with van der Waals surface area (Å²) >= 11 is 0. The van der Waals surface area contributed by atoms with Crippen LogP contribution in [-0.2, 0) is 16.1 Å². The minimum Gasteiger partial charge on any atom is -0.459 e. The standard InChI is InChI=1S/C22H22FN3O3/c1-15-3-2-10-26-13-19(24-20(15)26)14-29-22(28)17-8-11-25(12-9-17)21(27)16-4-6-18(23)7-5-16/h2-7,10,13,17H,8-9,11-12,14H2,1H3. The van der Waals surface area contributed by atoms with Crippen LogP contribution in [0.2, 0.25) is 0 Å². The lowest BCUT2D eigenvalue weighted by Crippen LogP contribution is -2.40. The number of piperidine rings is 1. The summed E-state index contributed by atoms with van der Waals surface area (Å²) in [5.74, 6) is -1.00. The molecule has 2 aromatic heterocycles. The second-order valence-electron chi connectivity index (χ2n) is 7.34. The number of halogens is 1. The molecule has 0 bridgehead atoms. The van der Waals surface area contributed by atoms with Gasteiger partial charge in [-0.05, 0) is 55.7 Å². The van der Waals surface area contributed by atoms with E-state index in [2.05, 4.69) is 4.98 Å². The van der Waals surface area contributed by atoms with Crippen molar-refractivity contribution in [2.45, 2.75) is 26.4 Å². The zero-order valence-electron chi connectivity index (χ0n) is 16.2. The van der Waals surface area contributed by atoms with Crippen molar-refractivity contribution in [3.8, 4) is 0 Å². The Morgan fingerprint density at radius 3 is 2.59 bits per heavy atom. The number of nitrogens with zero attached hydrogens (tertiary/aromatic N) is 3. The molecule has 0 atom stereocenters.